The second-order valence-corrected chi connectivity index (χ2v) is 6.40. The lowest BCUT2D eigenvalue weighted by molar-refractivity contribution is 0.0212. The van der Waals surface area contributed by atoms with E-state index in [2.05, 4.69) is 19.9 Å². The van der Waals surface area contributed by atoms with Crippen LogP contribution in [-0.4, -0.2) is 5.92 Å². The third-order valence-electron chi connectivity index (χ3n) is 4.11. The molecule has 0 saturated heterocycles. The lowest BCUT2D eigenvalue weighted by Gasteiger charge is -2.26. The number of allylic oxidation sites excluding steroid dienone is 2. The number of alkyl halides is 2. The van der Waals surface area contributed by atoms with Crippen LogP contribution in [0.1, 0.15) is 78.6 Å². The van der Waals surface area contributed by atoms with E-state index in [1.165, 1.54) is 38.5 Å². The van der Waals surface area contributed by atoms with Crippen LogP contribution in [0, 0.1) is 11.8 Å². The van der Waals surface area contributed by atoms with Crippen LogP contribution in [-0.2, 0) is 0 Å². The van der Waals surface area contributed by atoms with Crippen LogP contribution < -0.4 is 0 Å². The van der Waals surface area contributed by atoms with Gasteiger partial charge in [0.2, 0.25) is 5.92 Å². The van der Waals surface area contributed by atoms with Gasteiger partial charge in [-0.2, -0.15) is 0 Å². The molecule has 0 radical (unpaired) electrons. The van der Waals surface area contributed by atoms with Gasteiger partial charge in [-0.25, -0.2) is 8.78 Å². The van der Waals surface area contributed by atoms with Crippen molar-refractivity contribution in [3.8, 4) is 0 Å². The van der Waals surface area contributed by atoms with E-state index in [1.807, 2.05) is 0 Å². The van der Waals surface area contributed by atoms with Gasteiger partial charge >= 0.3 is 0 Å². The van der Waals surface area contributed by atoms with E-state index in [4.69, 9.17) is 0 Å². The third kappa shape index (κ3) is 7.08. The number of hydrogen-bond donors (Lipinski definition) is 0. The predicted molar refractivity (Wildman–Crippen MR) is 78.6 cm³/mol. The largest absolute Gasteiger partial charge is 0.249 e. The first kappa shape index (κ1) is 16.7. The molecule has 0 unspecified atom stereocenters. The SMILES string of the molecule is CCCC(CCC)C[C@H]1C=C(CC(C)(F)F)CCC1. The molecule has 0 aromatic carbocycles. The Hall–Kier alpha value is -0.400. The van der Waals surface area contributed by atoms with Crippen LogP contribution in [0.3, 0.4) is 0 Å². The molecular formula is C17H30F2. The third-order valence-corrected chi connectivity index (χ3v) is 4.11. The molecule has 0 spiro atoms. The van der Waals surface area contributed by atoms with Crippen molar-refractivity contribution in [2.75, 3.05) is 0 Å². The van der Waals surface area contributed by atoms with Gasteiger partial charge in [-0.3, -0.25) is 0 Å². The maximum absolute atomic E-state index is 13.1. The highest BCUT2D eigenvalue weighted by Crippen LogP contribution is 2.35. The topological polar surface area (TPSA) is 0 Å². The van der Waals surface area contributed by atoms with Crippen molar-refractivity contribution < 1.29 is 8.78 Å². The molecule has 112 valence electrons. The van der Waals surface area contributed by atoms with Gasteiger partial charge in [0.05, 0.1) is 0 Å². The molecule has 0 bridgehead atoms. The van der Waals surface area contributed by atoms with Crippen molar-refractivity contribution >= 4 is 0 Å². The van der Waals surface area contributed by atoms with Gasteiger partial charge in [-0.15, -0.1) is 0 Å². The van der Waals surface area contributed by atoms with Gasteiger partial charge in [-0.05, 0) is 44.4 Å². The van der Waals surface area contributed by atoms with Crippen molar-refractivity contribution in [3.05, 3.63) is 11.6 Å². The summed E-state index contributed by atoms with van der Waals surface area (Å²) in [5.41, 5.74) is 0.996. The molecule has 19 heavy (non-hydrogen) atoms. The van der Waals surface area contributed by atoms with Crippen LogP contribution >= 0.6 is 0 Å². The fourth-order valence-corrected chi connectivity index (χ4v) is 3.45. The molecule has 1 atom stereocenters. The molecule has 0 aromatic rings. The van der Waals surface area contributed by atoms with E-state index in [1.54, 1.807) is 0 Å². The Labute approximate surface area is 117 Å². The quantitative estimate of drug-likeness (QED) is 0.451. The van der Waals surface area contributed by atoms with Gasteiger partial charge in [0, 0.05) is 6.42 Å². The first-order valence-electron chi connectivity index (χ1n) is 8.02. The average molecular weight is 272 g/mol. The minimum atomic E-state index is -2.54. The summed E-state index contributed by atoms with van der Waals surface area (Å²) in [7, 11) is 0. The summed E-state index contributed by atoms with van der Waals surface area (Å²) in [6.07, 6.45) is 11.6. The molecule has 0 saturated carbocycles. The molecule has 0 N–H and O–H groups in total. The normalized spacial score (nSPS) is 20.7. The molecule has 0 heterocycles. The van der Waals surface area contributed by atoms with Gasteiger partial charge in [0.15, 0.2) is 0 Å². The van der Waals surface area contributed by atoms with Crippen LogP contribution in [0.4, 0.5) is 8.78 Å². The smallest absolute Gasteiger partial charge is 0.207 e. The highest BCUT2D eigenvalue weighted by molar-refractivity contribution is 5.10. The Morgan fingerprint density at radius 3 is 2.42 bits per heavy atom. The van der Waals surface area contributed by atoms with Gasteiger partial charge in [0.25, 0.3) is 0 Å². The second kappa shape index (κ2) is 8.01. The summed E-state index contributed by atoms with van der Waals surface area (Å²) in [4.78, 5) is 0. The molecule has 1 aliphatic rings. The zero-order chi connectivity index (χ0) is 14.3. The summed E-state index contributed by atoms with van der Waals surface area (Å²) >= 11 is 0. The molecule has 0 aromatic heterocycles. The Morgan fingerprint density at radius 1 is 1.26 bits per heavy atom. The zero-order valence-electron chi connectivity index (χ0n) is 12.9. The van der Waals surface area contributed by atoms with Gasteiger partial charge in [0.1, 0.15) is 0 Å². The van der Waals surface area contributed by atoms with E-state index in [0.29, 0.717) is 5.92 Å². The van der Waals surface area contributed by atoms with E-state index in [9.17, 15) is 8.78 Å². The molecular weight excluding hydrogens is 242 g/mol. The standard InChI is InChI=1S/C17H30F2/c1-4-7-14(8-5-2)11-15-9-6-10-16(12-15)13-17(3,18)19/h12,14-15H,4-11,13H2,1-3H3/t15-/m0/s1. The summed E-state index contributed by atoms with van der Waals surface area (Å²) < 4.78 is 26.2. The van der Waals surface area contributed by atoms with Crippen molar-refractivity contribution in [2.24, 2.45) is 11.8 Å². The molecule has 2 heteroatoms. The molecule has 0 amide bonds. The molecule has 0 fully saturated rings. The van der Waals surface area contributed by atoms with E-state index < -0.39 is 5.92 Å². The summed E-state index contributed by atoms with van der Waals surface area (Å²) in [5, 5.41) is 0. The summed E-state index contributed by atoms with van der Waals surface area (Å²) in [6, 6.07) is 0. The van der Waals surface area contributed by atoms with Crippen LogP contribution in [0.25, 0.3) is 0 Å². The number of hydrogen-bond acceptors (Lipinski definition) is 0. The Morgan fingerprint density at radius 2 is 1.89 bits per heavy atom. The van der Waals surface area contributed by atoms with Crippen molar-refractivity contribution in [2.45, 2.75) is 84.5 Å². The van der Waals surface area contributed by atoms with Gasteiger partial charge < -0.3 is 0 Å². The van der Waals surface area contributed by atoms with Crippen LogP contribution in [0.5, 0.6) is 0 Å². The Balaban J connectivity index is 2.54. The highest BCUT2D eigenvalue weighted by Gasteiger charge is 2.25. The predicted octanol–water partition coefficient (Wildman–Crippen LogP) is 6.36. The van der Waals surface area contributed by atoms with E-state index in [0.717, 1.165) is 31.3 Å². The van der Waals surface area contributed by atoms with Crippen LogP contribution in [0.2, 0.25) is 0 Å². The lowest BCUT2D eigenvalue weighted by atomic mass is 9.80. The van der Waals surface area contributed by atoms with E-state index >= 15 is 0 Å². The minimum Gasteiger partial charge on any atom is -0.207 e. The number of rotatable bonds is 8. The summed E-state index contributed by atoms with van der Waals surface area (Å²) in [5.74, 6) is -1.20. The fraction of sp³-hybridized carbons (Fsp3) is 0.882. The lowest BCUT2D eigenvalue weighted by Crippen LogP contribution is -2.16. The molecule has 0 nitrogen and oxygen atoms in total. The van der Waals surface area contributed by atoms with Gasteiger partial charge in [-0.1, -0.05) is 51.2 Å². The maximum atomic E-state index is 13.1. The average Bonchev–Trinajstić information content (AvgIpc) is 2.27. The maximum Gasteiger partial charge on any atom is 0.249 e. The molecule has 1 rings (SSSR count). The number of halogens is 2. The molecule has 1 aliphatic carbocycles. The van der Waals surface area contributed by atoms with Crippen molar-refractivity contribution in [1.29, 1.82) is 0 Å². The first-order chi connectivity index (χ1) is 8.94. The van der Waals surface area contributed by atoms with Crippen molar-refractivity contribution in [3.63, 3.8) is 0 Å². The summed E-state index contributed by atoms with van der Waals surface area (Å²) in [6.45, 7) is 5.51. The van der Waals surface area contributed by atoms with Crippen LogP contribution in [0.15, 0.2) is 11.6 Å². The zero-order valence-corrected chi connectivity index (χ0v) is 12.9. The van der Waals surface area contributed by atoms with Crippen molar-refractivity contribution in [1.82, 2.24) is 0 Å². The second-order valence-electron chi connectivity index (χ2n) is 6.40. The fourth-order valence-electron chi connectivity index (χ4n) is 3.45. The molecule has 0 aliphatic heterocycles. The first-order valence-corrected chi connectivity index (χ1v) is 8.02. The highest BCUT2D eigenvalue weighted by atomic mass is 19.3. The Kier molecular flexibility index (Phi) is 7.02. The van der Waals surface area contributed by atoms with E-state index in [-0.39, 0.29) is 6.42 Å². The monoisotopic (exact) mass is 272 g/mol. The minimum absolute atomic E-state index is 0.0320. The Bertz CT molecular complexity index is 269.